The minimum atomic E-state index is -1.34. The van der Waals surface area contributed by atoms with Crippen molar-refractivity contribution < 1.29 is 4.79 Å². The van der Waals surface area contributed by atoms with Crippen molar-refractivity contribution in [3.05, 3.63) is 0 Å². The Balaban J connectivity index is 3.04. The lowest BCUT2D eigenvalue weighted by atomic mass is 10.0. The Kier molecular flexibility index (Phi) is 38.4. The van der Waals surface area contributed by atoms with Gasteiger partial charge in [0.25, 0.3) is 0 Å². The van der Waals surface area contributed by atoms with Gasteiger partial charge in [-0.15, -0.1) is 0 Å². The van der Waals surface area contributed by atoms with Crippen LogP contribution in [-0.2, 0) is 4.79 Å². The molecule has 0 unspecified atom stereocenters. The minimum Gasteiger partial charge on any atom is -0.211 e. The van der Waals surface area contributed by atoms with Crippen LogP contribution in [0.5, 0.6) is 0 Å². The largest absolute Gasteiger partial charge is 0.237 e. The van der Waals surface area contributed by atoms with Gasteiger partial charge < -0.3 is 0 Å². The molecule has 0 N–H and O–H groups in total. The monoisotopic (exact) mass is 631 g/mol. The van der Waals surface area contributed by atoms with Crippen molar-refractivity contribution in [3.8, 4) is 0 Å². The predicted molar refractivity (Wildman–Crippen MR) is 189 cm³/mol. The van der Waals surface area contributed by atoms with Crippen molar-refractivity contribution in [2.75, 3.05) is 6.54 Å². The Bertz CT molecular complexity index is 528. The molecule has 0 aliphatic heterocycles. The summed E-state index contributed by atoms with van der Waals surface area (Å²) >= 11 is 11.8. The zero-order valence-corrected chi connectivity index (χ0v) is 30.1. The second-order valence-corrected chi connectivity index (χ2v) is 18.0. The summed E-state index contributed by atoms with van der Waals surface area (Å²) in [6, 6.07) is 1.09. The SMILES string of the molecule is O=C=NCCCCCCCCCCCCCCCCCCCCCCCCCCCCCCCCCCC[SiH](Cl)Cl. The highest BCUT2D eigenvalue weighted by molar-refractivity contribution is 7.33. The van der Waals surface area contributed by atoms with Crippen molar-refractivity contribution in [1.29, 1.82) is 0 Å². The fourth-order valence-electron chi connectivity index (χ4n) is 6.02. The lowest BCUT2D eigenvalue weighted by Gasteiger charge is -2.05. The van der Waals surface area contributed by atoms with Crippen molar-refractivity contribution >= 4 is 35.7 Å². The molecule has 244 valence electrons. The predicted octanol–water partition coefficient (Wildman–Crippen LogP) is 13.9. The van der Waals surface area contributed by atoms with Gasteiger partial charge in [-0.1, -0.05) is 205 Å². The van der Waals surface area contributed by atoms with E-state index in [-0.39, 0.29) is 0 Å². The molecule has 0 bridgehead atoms. The van der Waals surface area contributed by atoms with Crippen LogP contribution in [0.4, 0.5) is 0 Å². The third kappa shape index (κ3) is 40.2. The first kappa shape index (κ1) is 41.2. The highest BCUT2D eigenvalue weighted by Gasteiger charge is 2.01. The van der Waals surface area contributed by atoms with Gasteiger partial charge in [0.1, 0.15) is 0 Å². The van der Waals surface area contributed by atoms with Crippen molar-refractivity contribution in [3.63, 3.8) is 0 Å². The van der Waals surface area contributed by atoms with Gasteiger partial charge in [0.2, 0.25) is 13.5 Å². The molecule has 0 radical (unpaired) electrons. The Labute approximate surface area is 269 Å². The molecule has 0 saturated heterocycles. The second-order valence-electron chi connectivity index (χ2n) is 12.8. The van der Waals surface area contributed by atoms with Crippen LogP contribution >= 0.6 is 22.2 Å². The minimum absolute atomic E-state index is 0.667. The summed E-state index contributed by atoms with van der Waals surface area (Å²) in [5.41, 5.74) is 0. The van der Waals surface area contributed by atoms with Gasteiger partial charge in [0, 0.05) is 0 Å². The second kappa shape index (κ2) is 38.2. The van der Waals surface area contributed by atoms with Crippen molar-refractivity contribution in [1.82, 2.24) is 0 Å². The molecule has 41 heavy (non-hydrogen) atoms. The number of unbranched alkanes of at least 4 members (excludes halogenated alkanes) is 32. The van der Waals surface area contributed by atoms with E-state index >= 15 is 0 Å². The van der Waals surface area contributed by atoms with Gasteiger partial charge in [0.05, 0.1) is 6.54 Å². The van der Waals surface area contributed by atoms with Gasteiger partial charge in [-0.3, -0.25) is 0 Å². The molecule has 0 aliphatic carbocycles. The van der Waals surface area contributed by atoms with Crippen LogP contribution in [0, 0.1) is 0 Å². The van der Waals surface area contributed by atoms with E-state index in [0.717, 1.165) is 12.5 Å². The standard InChI is InChI=1S/C36H71Cl2NOSi/c37-41(38)35-33-31-29-27-25-23-21-19-17-15-13-11-9-7-5-3-1-2-4-6-8-10-12-14-16-18-20-22-24-26-28-30-32-34-39-36-40/h41H,1-35H2. The summed E-state index contributed by atoms with van der Waals surface area (Å²) < 4.78 is 0. The number of nitrogens with zero attached hydrogens (tertiary/aromatic N) is 1. The molecule has 0 spiro atoms. The van der Waals surface area contributed by atoms with E-state index in [0.29, 0.717) is 6.54 Å². The van der Waals surface area contributed by atoms with Crippen LogP contribution in [0.3, 0.4) is 0 Å². The molecular formula is C36H71Cl2NOSi. The summed E-state index contributed by atoms with van der Waals surface area (Å²) in [7, 11) is -1.34. The highest BCUT2D eigenvalue weighted by Crippen LogP contribution is 2.17. The molecule has 0 amide bonds. The number of hydrogen-bond acceptors (Lipinski definition) is 2. The molecule has 0 aromatic rings. The molecule has 0 saturated carbocycles. The molecule has 0 fully saturated rings. The Morgan fingerprint density at radius 2 is 0.537 bits per heavy atom. The van der Waals surface area contributed by atoms with Crippen LogP contribution < -0.4 is 0 Å². The third-order valence-electron chi connectivity index (χ3n) is 8.76. The number of aliphatic imine (C=N–C) groups is 1. The first-order chi connectivity index (χ1) is 20.3. The highest BCUT2D eigenvalue weighted by atomic mass is 35.7. The number of rotatable bonds is 36. The maximum absolute atomic E-state index is 10.00. The Morgan fingerprint density at radius 1 is 0.341 bits per heavy atom. The van der Waals surface area contributed by atoms with Crippen molar-refractivity contribution in [2.45, 2.75) is 218 Å². The lowest BCUT2D eigenvalue weighted by molar-refractivity contribution is 0.511. The summed E-state index contributed by atoms with van der Waals surface area (Å²) in [4.78, 5) is 13.6. The molecule has 0 atom stereocenters. The molecular weight excluding hydrogens is 561 g/mol. The van der Waals surface area contributed by atoms with Crippen LogP contribution in [-0.4, -0.2) is 20.0 Å². The summed E-state index contributed by atoms with van der Waals surface area (Å²) in [6.07, 6.45) is 48.2. The first-order valence-electron chi connectivity index (χ1n) is 18.6. The quantitative estimate of drug-likeness (QED) is 0.0222. The fraction of sp³-hybridized carbons (Fsp3) is 0.972. The van der Waals surface area contributed by atoms with Crippen LogP contribution in [0.25, 0.3) is 0 Å². The topological polar surface area (TPSA) is 29.4 Å². The van der Waals surface area contributed by atoms with Gasteiger partial charge in [0.15, 0.2) is 0 Å². The van der Waals surface area contributed by atoms with E-state index in [1.165, 1.54) is 205 Å². The molecule has 0 rings (SSSR count). The number of isocyanates is 1. The van der Waals surface area contributed by atoms with Gasteiger partial charge in [-0.05, 0) is 12.5 Å². The molecule has 0 aromatic carbocycles. The smallest absolute Gasteiger partial charge is 0.211 e. The van der Waals surface area contributed by atoms with Crippen LogP contribution in [0.2, 0.25) is 6.04 Å². The van der Waals surface area contributed by atoms with E-state index < -0.39 is 7.42 Å². The number of carbonyl (C=O) groups excluding carboxylic acids is 1. The maximum atomic E-state index is 10.00. The Morgan fingerprint density at radius 3 is 0.732 bits per heavy atom. The van der Waals surface area contributed by atoms with E-state index in [1.807, 2.05) is 0 Å². The van der Waals surface area contributed by atoms with Gasteiger partial charge in [-0.2, -0.15) is 22.2 Å². The van der Waals surface area contributed by atoms with Gasteiger partial charge >= 0.3 is 0 Å². The molecule has 0 aromatic heterocycles. The summed E-state index contributed by atoms with van der Waals surface area (Å²) in [6.45, 7) is 0.667. The molecule has 0 heterocycles. The molecule has 0 aliphatic rings. The number of halogens is 2. The van der Waals surface area contributed by atoms with E-state index in [1.54, 1.807) is 6.08 Å². The average Bonchev–Trinajstić information content (AvgIpc) is 2.97. The molecule has 5 heteroatoms. The zero-order valence-electron chi connectivity index (χ0n) is 27.4. The zero-order chi connectivity index (χ0) is 29.7. The third-order valence-corrected chi connectivity index (χ3v) is 10.9. The lowest BCUT2D eigenvalue weighted by Crippen LogP contribution is -1.91. The average molecular weight is 633 g/mol. The maximum Gasteiger partial charge on any atom is 0.237 e. The van der Waals surface area contributed by atoms with E-state index in [2.05, 4.69) is 4.99 Å². The van der Waals surface area contributed by atoms with Crippen LogP contribution in [0.1, 0.15) is 212 Å². The first-order valence-corrected chi connectivity index (χ1v) is 22.9. The normalized spacial score (nSPS) is 11.4. The Hall–Kier alpha value is 0.177. The van der Waals surface area contributed by atoms with E-state index in [4.69, 9.17) is 22.2 Å². The molecule has 2 nitrogen and oxygen atoms in total. The summed E-state index contributed by atoms with van der Waals surface area (Å²) in [5, 5.41) is 0. The fourth-order valence-corrected chi connectivity index (χ4v) is 7.54. The van der Waals surface area contributed by atoms with E-state index in [9.17, 15) is 4.79 Å². The van der Waals surface area contributed by atoms with Crippen LogP contribution in [0.15, 0.2) is 4.99 Å². The van der Waals surface area contributed by atoms with Gasteiger partial charge in [-0.25, -0.2) is 9.79 Å². The summed E-state index contributed by atoms with van der Waals surface area (Å²) in [5.74, 6) is 0. The van der Waals surface area contributed by atoms with Crippen molar-refractivity contribution in [2.24, 2.45) is 4.99 Å². The number of hydrogen-bond donors (Lipinski definition) is 0.